The Bertz CT molecular complexity index is 321. The standard InChI is InChI=1S/C15H29N3O2/c1-12(2)9-18-7-3-13(4-8-18)17-14(20)16-10-15(11-19)5-6-15/h12-13,19H,3-11H2,1-2H3,(H2,16,17,20). The summed E-state index contributed by atoms with van der Waals surface area (Å²) in [6.45, 7) is 8.56. The first-order valence-corrected chi connectivity index (χ1v) is 7.90. The Morgan fingerprint density at radius 3 is 2.50 bits per heavy atom. The minimum absolute atomic E-state index is 0.0159. The number of rotatable bonds is 6. The Kier molecular flexibility index (Phi) is 5.27. The van der Waals surface area contributed by atoms with E-state index >= 15 is 0 Å². The molecule has 3 N–H and O–H groups in total. The van der Waals surface area contributed by atoms with E-state index < -0.39 is 0 Å². The summed E-state index contributed by atoms with van der Waals surface area (Å²) in [7, 11) is 0. The third kappa shape index (κ3) is 4.63. The average Bonchev–Trinajstić information content (AvgIpc) is 3.19. The molecule has 0 bridgehead atoms. The Hall–Kier alpha value is -0.810. The molecule has 0 unspecified atom stereocenters. The Balaban J connectivity index is 1.61. The van der Waals surface area contributed by atoms with Gasteiger partial charge in [0, 0.05) is 37.6 Å². The number of carbonyl (C=O) groups excluding carboxylic acids is 1. The molecule has 1 aliphatic carbocycles. The third-order valence-corrected chi connectivity index (χ3v) is 4.46. The summed E-state index contributed by atoms with van der Waals surface area (Å²) >= 11 is 0. The van der Waals surface area contributed by atoms with Gasteiger partial charge in [0.25, 0.3) is 0 Å². The maximum absolute atomic E-state index is 11.8. The molecule has 0 atom stereocenters. The maximum Gasteiger partial charge on any atom is 0.315 e. The average molecular weight is 283 g/mol. The molecule has 0 radical (unpaired) electrons. The molecule has 1 saturated carbocycles. The molecule has 2 rings (SSSR count). The van der Waals surface area contributed by atoms with Crippen LogP contribution in [0.15, 0.2) is 0 Å². The van der Waals surface area contributed by atoms with Crippen LogP contribution >= 0.6 is 0 Å². The Morgan fingerprint density at radius 1 is 1.35 bits per heavy atom. The highest BCUT2D eigenvalue weighted by Crippen LogP contribution is 2.44. The lowest BCUT2D eigenvalue weighted by Gasteiger charge is -2.33. The van der Waals surface area contributed by atoms with Crippen molar-refractivity contribution >= 4 is 6.03 Å². The van der Waals surface area contributed by atoms with E-state index in [0.717, 1.165) is 45.3 Å². The van der Waals surface area contributed by atoms with Crippen molar-refractivity contribution in [1.82, 2.24) is 15.5 Å². The zero-order valence-electron chi connectivity index (χ0n) is 12.8. The molecule has 1 aliphatic heterocycles. The van der Waals surface area contributed by atoms with Gasteiger partial charge in [-0.25, -0.2) is 4.79 Å². The molecule has 1 saturated heterocycles. The van der Waals surface area contributed by atoms with E-state index in [1.54, 1.807) is 0 Å². The van der Waals surface area contributed by atoms with Crippen LogP contribution in [0.3, 0.4) is 0 Å². The topological polar surface area (TPSA) is 64.6 Å². The fraction of sp³-hybridized carbons (Fsp3) is 0.933. The van der Waals surface area contributed by atoms with Gasteiger partial charge in [-0.05, 0) is 31.6 Å². The van der Waals surface area contributed by atoms with Crippen molar-refractivity contribution in [3.05, 3.63) is 0 Å². The van der Waals surface area contributed by atoms with Crippen LogP contribution in [0.2, 0.25) is 0 Å². The van der Waals surface area contributed by atoms with Gasteiger partial charge in [0.15, 0.2) is 0 Å². The van der Waals surface area contributed by atoms with Crippen LogP contribution < -0.4 is 10.6 Å². The van der Waals surface area contributed by atoms with Crippen molar-refractivity contribution in [3.8, 4) is 0 Å². The number of hydrogen-bond acceptors (Lipinski definition) is 3. The fourth-order valence-corrected chi connectivity index (χ4v) is 2.85. The normalized spacial score (nSPS) is 22.8. The smallest absolute Gasteiger partial charge is 0.315 e. The van der Waals surface area contributed by atoms with Gasteiger partial charge in [0.05, 0.1) is 6.61 Å². The summed E-state index contributed by atoms with van der Waals surface area (Å²) in [5, 5.41) is 15.2. The number of nitrogens with one attached hydrogen (secondary N) is 2. The zero-order chi connectivity index (χ0) is 14.6. The summed E-state index contributed by atoms with van der Waals surface area (Å²) < 4.78 is 0. The minimum atomic E-state index is -0.0768. The number of likely N-dealkylation sites (tertiary alicyclic amines) is 1. The second-order valence-electron chi connectivity index (χ2n) is 6.95. The summed E-state index contributed by atoms with van der Waals surface area (Å²) in [5.74, 6) is 0.705. The van der Waals surface area contributed by atoms with Crippen LogP contribution in [0.1, 0.15) is 39.5 Å². The van der Waals surface area contributed by atoms with Crippen LogP contribution in [-0.4, -0.2) is 54.9 Å². The van der Waals surface area contributed by atoms with Gasteiger partial charge >= 0.3 is 6.03 Å². The van der Waals surface area contributed by atoms with Crippen LogP contribution in [0, 0.1) is 11.3 Å². The van der Waals surface area contributed by atoms with Crippen LogP contribution in [0.5, 0.6) is 0 Å². The first kappa shape index (κ1) is 15.6. The minimum Gasteiger partial charge on any atom is -0.396 e. The van der Waals surface area contributed by atoms with E-state index in [-0.39, 0.29) is 18.1 Å². The van der Waals surface area contributed by atoms with E-state index in [9.17, 15) is 9.90 Å². The van der Waals surface area contributed by atoms with Crippen molar-refractivity contribution in [2.24, 2.45) is 11.3 Å². The molecule has 2 fully saturated rings. The van der Waals surface area contributed by atoms with E-state index in [0.29, 0.717) is 18.5 Å². The van der Waals surface area contributed by atoms with Gasteiger partial charge in [-0.15, -0.1) is 0 Å². The third-order valence-electron chi connectivity index (χ3n) is 4.46. The SMILES string of the molecule is CC(C)CN1CCC(NC(=O)NCC2(CO)CC2)CC1. The molecule has 0 spiro atoms. The molecule has 2 aliphatic rings. The molecule has 5 nitrogen and oxygen atoms in total. The molecular weight excluding hydrogens is 254 g/mol. The monoisotopic (exact) mass is 283 g/mol. The summed E-state index contributed by atoms with van der Waals surface area (Å²) in [6, 6.07) is 0.217. The van der Waals surface area contributed by atoms with Gasteiger partial charge in [0.2, 0.25) is 0 Å². The molecule has 0 aromatic heterocycles. The van der Waals surface area contributed by atoms with E-state index in [1.807, 2.05) is 0 Å². The maximum atomic E-state index is 11.8. The van der Waals surface area contributed by atoms with Gasteiger partial charge < -0.3 is 20.6 Å². The molecule has 0 aromatic rings. The second-order valence-corrected chi connectivity index (χ2v) is 6.95. The van der Waals surface area contributed by atoms with Crippen molar-refractivity contribution < 1.29 is 9.90 Å². The number of nitrogens with zero attached hydrogens (tertiary/aromatic N) is 1. The number of hydrogen-bond donors (Lipinski definition) is 3. The largest absolute Gasteiger partial charge is 0.396 e. The van der Waals surface area contributed by atoms with Gasteiger partial charge in [-0.3, -0.25) is 0 Å². The predicted octanol–water partition coefficient (Wildman–Crippen LogP) is 1.18. The number of urea groups is 1. The van der Waals surface area contributed by atoms with Gasteiger partial charge in [-0.1, -0.05) is 13.8 Å². The molecule has 2 amide bonds. The predicted molar refractivity (Wildman–Crippen MR) is 79.6 cm³/mol. The number of amides is 2. The van der Waals surface area contributed by atoms with Gasteiger partial charge in [0.1, 0.15) is 0 Å². The first-order valence-electron chi connectivity index (χ1n) is 7.90. The van der Waals surface area contributed by atoms with Crippen molar-refractivity contribution in [3.63, 3.8) is 0 Å². The van der Waals surface area contributed by atoms with Crippen molar-refractivity contribution in [2.75, 3.05) is 32.8 Å². The van der Waals surface area contributed by atoms with E-state index in [1.165, 1.54) is 0 Å². The molecule has 1 heterocycles. The molecule has 20 heavy (non-hydrogen) atoms. The highest BCUT2D eigenvalue weighted by atomic mass is 16.3. The van der Waals surface area contributed by atoms with Crippen molar-refractivity contribution in [2.45, 2.75) is 45.6 Å². The van der Waals surface area contributed by atoms with E-state index in [2.05, 4.69) is 29.4 Å². The Morgan fingerprint density at radius 2 is 2.00 bits per heavy atom. The van der Waals surface area contributed by atoms with Gasteiger partial charge in [-0.2, -0.15) is 0 Å². The fourth-order valence-electron chi connectivity index (χ4n) is 2.85. The highest BCUT2D eigenvalue weighted by Gasteiger charge is 2.42. The first-order chi connectivity index (χ1) is 9.53. The summed E-state index contributed by atoms with van der Waals surface area (Å²) in [4.78, 5) is 14.3. The number of aliphatic hydroxyl groups is 1. The van der Waals surface area contributed by atoms with Crippen molar-refractivity contribution in [1.29, 1.82) is 0 Å². The van der Waals surface area contributed by atoms with E-state index in [4.69, 9.17) is 0 Å². The summed E-state index contributed by atoms with van der Waals surface area (Å²) in [6.07, 6.45) is 4.12. The number of carbonyl (C=O) groups is 1. The molecule has 0 aromatic carbocycles. The lowest BCUT2D eigenvalue weighted by atomic mass is 10.0. The summed E-state index contributed by atoms with van der Waals surface area (Å²) in [5.41, 5.74) is -0.0159. The zero-order valence-corrected chi connectivity index (χ0v) is 12.8. The lowest BCUT2D eigenvalue weighted by Crippen LogP contribution is -2.49. The van der Waals surface area contributed by atoms with Crippen LogP contribution in [0.25, 0.3) is 0 Å². The molecular formula is C15H29N3O2. The quantitative estimate of drug-likeness (QED) is 0.686. The Labute approximate surface area is 122 Å². The highest BCUT2D eigenvalue weighted by molar-refractivity contribution is 5.74. The molecule has 5 heteroatoms. The number of aliphatic hydroxyl groups excluding tert-OH is 1. The van der Waals surface area contributed by atoms with Crippen LogP contribution in [0.4, 0.5) is 4.79 Å². The number of piperidine rings is 1. The second kappa shape index (κ2) is 6.76. The van der Waals surface area contributed by atoms with Crippen LogP contribution in [-0.2, 0) is 0 Å². The lowest BCUT2D eigenvalue weighted by molar-refractivity contribution is 0.175. The molecule has 116 valence electrons.